The van der Waals surface area contributed by atoms with Crippen molar-refractivity contribution in [3.05, 3.63) is 29.6 Å². The van der Waals surface area contributed by atoms with Crippen LogP contribution in [0.3, 0.4) is 0 Å². The van der Waals surface area contributed by atoms with Gasteiger partial charge in [0.2, 0.25) is 0 Å². The number of amides is 2. The van der Waals surface area contributed by atoms with Crippen LogP contribution in [0.4, 0.5) is 14.9 Å². The molecule has 1 heterocycles. The van der Waals surface area contributed by atoms with Crippen LogP contribution in [0.1, 0.15) is 16.8 Å². The van der Waals surface area contributed by atoms with Crippen LogP contribution in [0, 0.1) is 5.82 Å². The van der Waals surface area contributed by atoms with E-state index < -0.39 is 11.8 Å². The van der Waals surface area contributed by atoms with E-state index in [-0.39, 0.29) is 17.3 Å². The number of carbonyl (C=O) groups is 2. The summed E-state index contributed by atoms with van der Waals surface area (Å²) >= 11 is 0. The molecule has 108 valence electrons. The maximum atomic E-state index is 13.7. The van der Waals surface area contributed by atoms with E-state index in [0.29, 0.717) is 19.6 Å². The first-order valence-corrected chi connectivity index (χ1v) is 6.37. The molecule has 3 N–H and O–H groups in total. The predicted octanol–water partition coefficient (Wildman–Crippen LogP) is 1.35. The number of carboxylic acids is 1. The number of nitrogens with zero attached hydrogens (tertiary/aromatic N) is 1. The molecule has 20 heavy (non-hydrogen) atoms. The molecule has 0 atom stereocenters. The fourth-order valence-electron chi connectivity index (χ4n) is 1.99. The van der Waals surface area contributed by atoms with E-state index in [1.807, 2.05) is 0 Å². The SMILES string of the molecule is O=C(O)c1ccc(NC(=O)N2CCCNCC2)c(F)c1. The highest BCUT2D eigenvalue weighted by Gasteiger charge is 2.17. The number of nitrogens with one attached hydrogen (secondary N) is 2. The van der Waals surface area contributed by atoms with Gasteiger partial charge in [0.15, 0.2) is 0 Å². The number of anilines is 1. The van der Waals surface area contributed by atoms with Gasteiger partial charge in [0, 0.05) is 19.6 Å². The summed E-state index contributed by atoms with van der Waals surface area (Å²) in [5.41, 5.74) is -0.170. The van der Waals surface area contributed by atoms with Crippen LogP contribution in [0.15, 0.2) is 18.2 Å². The lowest BCUT2D eigenvalue weighted by atomic mass is 10.2. The molecular formula is C13H16FN3O3. The fraction of sp³-hybridized carbons (Fsp3) is 0.385. The lowest BCUT2D eigenvalue weighted by Gasteiger charge is -2.20. The fourth-order valence-corrected chi connectivity index (χ4v) is 1.99. The van der Waals surface area contributed by atoms with E-state index in [0.717, 1.165) is 19.0 Å². The molecule has 0 unspecified atom stereocenters. The summed E-state index contributed by atoms with van der Waals surface area (Å²) in [5, 5.41) is 14.4. The van der Waals surface area contributed by atoms with E-state index in [9.17, 15) is 14.0 Å². The van der Waals surface area contributed by atoms with Crippen molar-refractivity contribution in [2.75, 3.05) is 31.5 Å². The van der Waals surface area contributed by atoms with E-state index in [2.05, 4.69) is 10.6 Å². The number of carbonyl (C=O) groups excluding carboxylic acids is 1. The van der Waals surface area contributed by atoms with Crippen molar-refractivity contribution in [3.63, 3.8) is 0 Å². The second kappa shape index (κ2) is 6.33. The molecule has 1 aliphatic heterocycles. The molecule has 1 fully saturated rings. The molecule has 7 heteroatoms. The molecule has 0 aromatic heterocycles. The highest BCUT2D eigenvalue weighted by Crippen LogP contribution is 2.16. The summed E-state index contributed by atoms with van der Waals surface area (Å²) in [5.74, 6) is -1.97. The summed E-state index contributed by atoms with van der Waals surface area (Å²) in [4.78, 5) is 24.3. The third-order valence-corrected chi connectivity index (χ3v) is 3.08. The Morgan fingerprint density at radius 1 is 1.30 bits per heavy atom. The molecule has 1 saturated heterocycles. The standard InChI is InChI=1S/C13H16FN3O3/c14-10-8-9(12(18)19)2-3-11(10)16-13(20)17-6-1-4-15-5-7-17/h2-3,8,15H,1,4-7H2,(H,16,20)(H,18,19). The average Bonchev–Trinajstić information content (AvgIpc) is 2.69. The number of halogens is 1. The normalized spacial score (nSPS) is 15.6. The molecule has 0 aliphatic carbocycles. The van der Waals surface area contributed by atoms with Gasteiger partial charge < -0.3 is 20.6 Å². The largest absolute Gasteiger partial charge is 0.478 e. The maximum absolute atomic E-state index is 13.7. The number of urea groups is 1. The van der Waals surface area contributed by atoms with Gasteiger partial charge in [-0.05, 0) is 31.2 Å². The van der Waals surface area contributed by atoms with E-state index in [1.165, 1.54) is 12.1 Å². The highest BCUT2D eigenvalue weighted by molar-refractivity contribution is 5.91. The van der Waals surface area contributed by atoms with Gasteiger partial charge in [0.25, 0.3) is 0 Å². The lowest BCUT2D eigenvalue weighted by Crippen LogP contribution is -2.37. The molecule has 0 spiro atoms. The zero-order chi connectivity index (χ0) is 14.5. The summed E-state index contributed by atoms with van der Waals surface area (Å²) in [6.45, 7) is 2.72. The second-order valence-electron chi connectivity index (χ2n) is 4.52. The first kappa shape index (κ1) is 14.3. The van der Waals surface area contributed by atoms with Gasteiger partial charge in [-0.15, -0.1) is 0 Å². The minimum absolute atomic E-state index is 0.0165. The molecular weight excluding hydrogens is 265 g/mol. The zero-order valence-corrected chi connectivity index (χ0v) is 10.9. The van der Waals surface area contributed by atoms with Gasteiger partial charge in [0.05, 0.1) is 11.3 Å². The Hall–Kier alpha value is -2.15. The molecule has 2 rings (SSSR count). The molecule has 1 aliphatic rings. The first-order valence-electron chi connectivity index (χ1n) is 6.37. The summed E-state index contributed by atoms with van der Waals surface area (Å²) in [6.07, 6.45) is 0.841. The quantitative estimate of drug-likeness (QED) is 0.764. The highest BCUT2D eigenvalue weighted by atomic mass is 19.1. The second-order valence-corrected chi connectivity index (χ2v) is 4.52. The van der Waals surface area contributed by atoms with Crippen molar-refractivity contribution in [2.24, 2.45) is 0 Å². The zero-order valence-electron chi connectivity index (χ0n) is 10.9. The van der Waals surface area contributed by atoms with Crippen LogP contribution in [-0.4, -0.2) is 48.2 Å². The maximum Gasteiger partial charge on any atom is 0.335 e. The Morgan fingerprint density at radius 3 is 2.80 bits per heavy atom. The number of aromatic carboxylic acids is 1. The van der Waals surface area contributed by atoms with Gasteiger partial charge in [-0.2, -0.15) is 0 Å². The topological polar surface area (TPSA) is 81.7 Å². The van der Waals surface area contributed by atoms with Crippen LogP contribution in [0.2, 0.25) is 0 Å². The number of rotatable bonds is 2. The van der Waals surface area contributed by atoms with Crippen LogP contribution in [0.25, 0.3) is 0 Å². The van der Waals surface area contributed by atoms with Gasteiger partial charge in [0.1, 0.15) is 5.82 Å². The van der Waals surface area contributed by atoms with Gasteiger partial charge >= 0.3 is 12.0 Å². The summed E-state index contributed by atoms with van der Waals surface area (Å²) in [6, 6.07) is 3.02. The molecule has 2 amide bonds. The minimum Gasteiger partial charge on any atom is -0.478 e. The Morgan fingerprint density at radius 2 is 2.10 bits per heavy atom. The summed E-state index contributed by atoms with van der Waals surface area (Å²) in [7, 11) is 0. The van der Waals surface area contributed by atoms with Crippen molar-refractivity contribution in [3.8, 4) is 0 Å². The van der Waals surface area contributed by atoms with Crippen LogP contribution < -0.4 is 10.6 Å². The molecule has 6 nitrogen and oxygen atoms in total. The monoisotopic (exact) mass is 281 g/mol. The minimum atomic E-state index is -1.21. The number of hydrogen-bond acceptors (Lipinski definition) is 3. The van der Waals surface area contributed by atoms with Gasteiger partial charge in [-0.1, -0.05) is 0 Å². The molecule has 0 saturated carbocycles. The van der Waals surface area contributed by atoms with Gasteiger partial charge in [-0.3, -0.25) is 0 Å². The van der Waals surface area contributed by atoms with E-state index in [4.69, 9.17) is 5.11 Å². The Labute approximate surface area is 115 Å². The van der Waals surface area contributed by atoms with Crippen LogP contribution in [0.5, 0.6) is 0 Å². The molecule has 1 aromatic rings. The van der Waals surface area contributed by atoms with Crippen molar-refractivity contribution >= 4 is 17.7 Å². The first-order chi connectivity index (χ1) is 9.58. The molecule has 0 bridgehead atoms. The Balaban J connectivity index is 2.05. The number of benzene rings is 1. The third-order valence-electron chi connectivity index (χ3n) is 3.08. The Bertz CT molecular complexity index is 514. The molecule has 0 radical (unpaired) electrons. The van der Waals surface area contributed by atoms with Crippen molar-refractivity contribution < 1.29 is 19.1 Å². The van der Waals surface area contributed by atoms with Crippen molar-refractivity contribution in [1.82, 2.24) is 10.2 Å². The Kier molecular flexibility index (Phi) is 4.52. The van der Waals surface area contributed by atoms with Gasteiger partial charge in [-0.25, -0.2) is 14.0 Å². The van der Waals surface area contributed by atoms with E-state index in [1.54, 1.807) is 4.90 Å². The smallest absolute Gasteiger partial charge is 0.335 e. The lowest BCUT2D eigenvalue weighted by molar-refractivity contribution is 0.0696. The van der Waals surface area contributed by atoms with Crippen molar-refractivity contribution in [1.29, 1.82) is 0 Å². The van der Waals surface area contributed by atoms with Crippen molar-refractivity contribution in [2.45, 2.75) is 6.42 Å². The van der Waals surface area contributed by atoms with E-state index >= 15 is 0 Å². The average molecular weight is 281 g/mol. The van der Waals surface area contributed by atoms with Crippen LogP contribution >= 0.6 is 0 Å². The van der Waals surface area contributed by atoms with Crippen LogP contribution in [-0.2, 0) is 0 Å². The molecule has 1 aromatic carbocycles. The summed E-state index contributed by atoms with van der Waals surface area (Å²) < 4.78 is 13.7. The predicted molar refractivity (Wildman–Crippen MR) is 71.4 cm³/mol. The number of hydrogen-bond donors (Lipinski definition) is 3. The number of carboxylic acid groups (broad SMARTS) is 1. The third kappa shape index (κ3) is 3.45.